The van der Waals surface area contributed by atoms with Gasteiger partial charge in [0.2, 0.25) is 0 Å². The normalized spacial score (nSPS) is 18.3. The highest BCUT2D eigenvalue weighted by atomic mass is 16.5. The fourth-order valence-electron chi connectivity index (χ4n) is 3.62. The van der Waals surface area contributed by atoms with Gasteiger partial charge in [0.05, 0.1) is 14.2 Å². The molecule has 3 aromatic rings. The number of benzene rings is 3. The second-order valence-electron chi connectivity index (χ2n) is 6.77. The zero-order valence-electron chi connectivity index (χ0n) is 15.5. The van der Waals surface area contributed by atoms with Crippen molar-refractivity contribution < 1.29 is 14.2 Å². The lowest BCUT2D eigenvalue weighted by Gasteiger charge is -2.34. The van der Waals surface area contributed by atoms with E-state index in [2.05, 4.69) is 50.3 Å². The molecule has 0 N–H and O–H groups in total. The molecule has 132 valence electrons. The van der Waals surface area contributed by atoms with Crippen LogP contribution in [0.5, 0.6) is 17.2 Å². The molecule has 3 aromatic carbocycles. The third-order valence-electron chi connectivity index (χ3n) is 5.07. The first-order chi connectivity index (χ1) is 12.6. The maximum Gasteiger partial charge on any atom is 0.153 e. The van der Waals surface area contributed by atoms with Gasteiger partial charge >= 0.3 is 0 Å². The fourth-order valence-corrected chi connectivity index (χ4v) is 3.62. The summed E-state index contributed by atoms with van der Waals surface area (Å²) in [6.45, 7) is 4.18. The zero-order chi connectivity index (χ0) is 18.3. The minimum atomic E-state index is -0.624. The maximum atomic E-state index is 6.61. The molecule has 0 saturated carbocycles. The van der Waals surface area contributed by atoms with E-state index in [1.165, 1.54) is 10.9 Å². The molecule has 3 heteroatoms. The Bertz CT molecular complexity index is 1020. The molecule has 26 heavy (non-hydrogen) atoms. The van der Waals surface area contributed by atoms with E-state index in [0.29, 0.717) is 0 Å². The van der Waals surface area contributed by atoms with Crippen LogP contribution in [-0.2, 0) is 5.60 Å². The van der Waals surface area contributed by atoms with Crippen LogP contribution in [0.2, 0.25) is 0 Å². The molecule has 0 fully saturated rings. The molecule has 0 amide bonds. The lowest BCUT2D eigenvalue weighted by atomic mass is 9.89. The van der Waals surface area contributed by atoms with Gasteiger partial charge < -0.3 is 14.2 Å². The Kier molecular flexibility index (Phi) is 3.87. The maximum absolute atomic E-state index is 6.61. The molecule has 0 radical (unpaired) electrons. The van der Waals surface area contributed by atoms with Crippen LogP contribution < -0.4 is 14.2 Å². The summed E-state index contributed by atoms with van der Waals surface area (Å²) in [4.78, 5) is 0. The van der Waals surface area contributed by atoms with Gasteiger partial charge in [-0.05, 0) is 43.0 Å². The van der Waals surface area contributed by atoms with Gasteiger partial charge in [-0.15, -0.1) is 0 Å². The summed E-state index contributed by atoms with van der Waals surface area (Å²) in [5, 5.41) is 2.30. The second kappa shape index (κ2) is 6.10. The predicted molar refractivity (Wildman–Crippen MR) is 105 cm³/mol. The number of fused-ring (bicyclic) bond motifs is 3. The molecule has 4 rings (SSSR count). The Hall–Kier alpha value is -2.94. The Morgan fingerprint density at radius 1 is 0.962 bits per heavy atom. The third-order valence-corrected chi connectivity index (χ3v) is 5.07. The van der Waals surface area contributed by atoms with Crippen LogP contribution in [0.3, 0.4) is 0 Å². The molecular weight excluding hydrogens is 324 g/mol. The first-order valence-corrected chi connectivity index (χ1v) is 8.69. The molecule has 0 spiro atoms. The second-order valence-corrected chi connectivity index (χ2v) is 6.77. The molecule has 3 nitrogen and oxygen atoms in total. The van der Waals surface area contributed by atoms with Gasteiger partial charge in [0, 0.05) is 22.6 Å². The van der Waals surface area contributed by atoms with Crippen LogP contribution in [0.25, 0.3) is 16.8 Å². The van der Waals surface area contributed by atoms with Crippen LogP contribution in [0.4, 0.5) is 0 Å². The van der Waals surface area contributed by atoms with Crippen molar-refractivity contribution in [3.8, 4) is 17.2 Å². The first kappa shape index (κ1) is 16.5. The van der Waals surface area contributed by atoms with E-state index in [0.717, 1.165) is 33.8 Å². The van der Waals surface area contributed by atoms with E-state index < -0.39 is 5.60 Å². The van der Waals surface area contributed by atoms with Crippen molar-refractivity contribution in [2.45, 2.75) is 19.4 Å². The highest BCUT2D eigenvalue weighted by Gasteiger charge is 2.34. The van der Waals surface area contributed by atoms with Crippen LogP contribution in [0.15, 0.2) is 54.6 Å². The zero-order valence-corrected chi connectivity index (χ0v) is 15.5. The van der Waals surface area contributed by atoms with Gasteiger partial charge in [-0.3, -0.25) is 0 Å². The molecule has 0 bridgehead atoms. The Morgan fingerprint density at radius 2 is 1.77 bits per heavy atom. The van der Waals surface area contributed by atoms with E-state index in [1.54, 1.807) is 14.2 Å². The van der Waals surface area contributed by atoms with E-state index in [1.807, 2.05) is 24.3 Å². The van der Waals surface area contributed by atoms with Gasteiger partial charge in [-0.1, -0.05) is 36.4 Å². The standard InChI is InChI=1S/C23H22O3/c1-15-13-16-7-5-6-8-19(16)22-18(15)11-12-23(2,26-22)20-10-9-17(24-3)14-21(20)25-4/h5-14H,1-4H3. The summed E-state index contributed by atoms with van der Waals surface area (Å²) >= 11 is 0. The van der Waals surface area contributed by atoms with Crippen molar-refractivity contribution in [3.63, 3.8) is 0 Å². The van der Waals surface area contributed by atoms with E-state index in [9.17, 15) is 0 Å². The summed E-state index contributed by atoms with van der Waals surface area (Å²) in [6.07, 6.45) is 4.26. The van der Waals surface area contributed by atoms with Crippen molar-refractivity contribution in [2.24, 2.45) is 0 Å². The summed E-state index contributed by atoms with van der Waals surface area (Å²) < 4.78 is 17.5. The van der Waals surface area contributed by atoms with Gasteiger partial charge in [0.15, 0.2) is 5.60 Å². The largest absolute Gasteiger partial charge is 0.497 e. The quantitative estimate of drug-likeness (QED) is 0.628. The number of hydrogen-bond acceptors (Lipinski definition) is 3. The van der Waals surface area contributed by atoms with Crippen molar-refractivity contribution in [1.29, 1.82) is 0 Å². The van der Waals surface area contributed by atoms with E-state index in [-0.39, 0.29) is 0 Å². The molecule has 1 unspecified atom stereocenters. The number of methoxy groups -OCH3 is 2. The SMILES string of the molecule is COc1ccc(C2(C)C=Cc3c(C)cc4ccccc4c3O2)c(OC)c1. The highest BCUT2D eigenvalue weighted by Crippen LogP contribution is 2.45. The molecule has 1 heterocycles. The predicted octanol–water partition coefficient (Wildman–Crippen LogP) is 5.49. The van der Waals surface area contributed by atoms with Crippen LogP contribution >= 0.6 is 0 Å². The van der Waals surface area contributed by atoms with Crippen LogP contribution in [0, 0.1) is 6.92 Å². The molecule has 1 atom stereocenters. The highest BCUT2D eigenvalue weighted by molar-refractivity contribution is 5.93. The van der Waals surface area contributed by atoms with E-state index >= 15 is 0 Å². The van der Waals surface area contributed by atoms with Crippen molar-refractivity contribution in [2.75, 3.05) is 14.2 Å². The minimum Gasteiger partial charge on any atom is -0.497 e. The lowest BCUT2D eigenvalue weighted by molar-refractivity contribution is 0.136. The van der Waals surface area contributed by atoms with Crippen molar-refractivity contribution in [1.82, 2.24) is 0 Å². The average Bonchev–Trinajstić information content (AvgIpc) is 2.67. The Morgan fingerprint density at radius 3 is 2.54 bits per heavy atom. The van der Waals surface area contributed by atoms with Crippen molar-refractivity contribution >= 4 is 16.8 Å². The van der Waals surface area contributed by atoms with Gasteiger partial charge in [0.1, 0.15) is 17.2 Å². The van der Waals surface area contributed by atoms with Gasteiger partial charge in [-0.25, -0.2) is 0 Å². The lowest BCUT2D eigenvalue weighted by Crippen LogP contribution is -2.30. The topological polar surface area (TPSA) is 27.7 Å². The van der Waals surface area contributed by atoms with Crippen molar-refractivity contribution in [3.05, 3.63) is 71.3 Å². The Balaban J connectivity index is 1.89. The van der Waals surface area contributed by atoms with Gasteiger partial charge in [-0.2, -0.15) is 0 Å². The Labute approximate surface area is 153 Å². The molecular formula is C23H22O3. The van der Waals surface area contributed by atoms with Gasteiger partial charge in [0.25, 0.3) is 0 Å². The van der Waals surface area contributed by atoms with Crippen LogP contribution in [-0.4, -0.2) is 14.2 Å². The summed E-state index contributed by atoms with van der Waals surface area (Å²) in [7, 11) is 3.32. The molecule has 0 aromatic heterocycles. The summed E-state index contributed by atoms with van der Waals surface area (Å²) in [6, 6.07) is 16.4. The monoisotopic (exact) mass is 346 g/mol. The molecule has 1 aliphatic rings. The van der Waals surface area contributed by atoms with E-state index in [4.69, 9.17) is 14.2 Å². The number of ether oxygens (including phenoxy) is 3. The molecule has 1 aliphatic heterocycles. The summed E-state index contributed by atoms with van der Waals surface area (Å²) in [5.41, 5.74) is 2.68. The molecule has 0 aliphatic carbocycles. The number of rotatable bonds is 3. The summed E-state index contributed by atoms with van der Waals surface area (Å²) in [5.74, 6) is 2.43. The van der Waals surface area contributed by atoms with Crippen LogP contribution in [0.1, 0.15) is 23.6 Å². The number of aryl methyl sites for hydroxylation is 1. The average molecular weight is 346 g/mol. The minimum absolute atomic E-state index is 0.624. The number of hydrogen-bond donors (Lipinski definition) is 0. The fraction of sp³-hybridized carbons (Fsp3) is 0.217. The molecule has 0 saturated heterocycles. The third kappa shape index (κ3) is 2.51. The smallest absolute Gasteiger partial charge is 0.153 e. The first-order valence-electron chi connectivity index (χ1n) is 8.69.